The highest BCUT2D eigenvalue weighted by atomic mass is 32.1. The lowest BCUT2D eigenvalue weighted by Gasteiger charge is -2.36. The molecule has 0 bridgehead atoms. The van der Waals surface area contributed by atoms with Crippen molar-refractivity contribution in [3.8, 4) is 0 Å². The Bertz CT molecular complexity index is 310. The number of aryl methyl sites for hydroxylation is 1. The van der Waals surface area contributed by atoms with Crippen LogP contribution in [-0.4, -0.2) is 19.2 Å². The van der Waals surface area contributed by atoms with Crippen LogP contribution in [0.3, 0.4) is 0 Å². The molecule has 2 aliphatic rings. The van der Waals surface area contributed by atoms with Crippen LogP contribution in [-0.2, 0) is 11.2 Å². The van der Waals surface area contributed by atoms with E-state index in [1.54, 1.807) is 0 Å². The van der Waals surface area contributed by atoms with Crippen LogP contribution in [0.4, 0.5) is 0 Å². The molecule has 1 fully saturated rings. The molecule has 0 saturated carbocycles. The van der Waals surface area contributed by atoms with E-state index in [4.69, 9.17) is 4.74 Å². The highest BCUT2D eigenvalue weighted by Crippen LogP contribution is 2.36. The van der Waals surface area contributed by atoms with Crippen molar-refractivity contribution in [2.24, 2.45) is 0 Å². The summed E-state index contributed by atoms with van der Waals surface area (Å²) >= 11 is 1.87. The van der Waals surface area contributed by atoms with Crippen LogP contribution < -0.4 is 5.32 Å². The molecule has 3 rings (SSSR count). The standard InChI is InChI=1S/C10H13NOS/c1-2-9-7(3-6-13-9)10-8(1)11-4-5-12-10/h3,6,8,10-11H,1-2,4-5H2. The minimum absolute atomic E-state index is 0.337. The van der Waals surface area contributed by atoms with E-state index >= 15 is 0 Å². The Labute approximate surface area is 81.9 Å². The van der Waals surface area contributed by atoms with E-state index in [-0.39, 0.29) is 0 Å². The van der Waals surface area contributed by atoms with Crippen LogP contribution in [0.1, 0.15) is 23.0 Å². The lowest BCUT2D eigenvalue weighted by Crippen LogP contribution is -2.45. The van der Waals surface area contributed by atoms with Crippen molar-refractivity contribution in [2.45, 2.75) is 25.0 Å². The topological polar surface area (TPSA) is 21.3 Å². The average molecular weight is 195 g/mol. The summed E-state index contributed by atoms with van der Waals surface area (Å²) in [6.07, 6.45) is 2.80. The van der Waals surface area contributed by atoms with Crippen LogP contribution in [0.5, 0.6) is 0 Å². The summed E-state index contributed by atoms with van der Waals surface area (Å²) in [6.45, 7) is 1.87. The van der Waals surface area contributed by atoms with Gasteiger partial charge < -0.3 is 10.1 Å². The van der Waals surface area contributed by atoms with Crippen molar-refractivity contribution < 1.29 is 4.74 Å². The van der Waals surface area contributed by atoms with Gasteiger partial charge in [0.1, 0.15) is 0 Å². The summed E-state index contributed by atoms with van der Waals surface area (Å²) in [5.41, 5.74) is 1.44. The fourth-order valence-corrected chi connectivity index (χ4v) is 3.24. The number of morpholine rings is 1. The molecule has 1 aromatic rings. The van der Waals surface area contributed by atoms with Crippen LogP contribution in [0, 0.1) is 0 Å². The Kier molecular flexibility index (Phi) is 1.89. The molecule has 0 spiro atoms. The largest absolute Gasteiger partial charge is 0.371 e. The fourth-order valence-electron chi connectivity index (χ4n) is 2.31. The Morgan fingerprint density at radius 3 is 3.54 bits per heavy atom. The lowest BCUT2D eigenvalue weighted by molar-refractivity contribution is -0.0121. The summed E-state index contributed by atoms with van der Waals surface area (Å²) in [5.74, 6) is 0. The van der Waals surface area contributed by atoms with Gasteiger partial charge in [-0.15, -0.1) is 11.3 Å². The van der Waals surface area contributed by atoms with Crippen molar-refractivity contribution in [1.29, 1.82) is 0 Å². The summed E-state index contributed by atoms with van der Waals surface area (Å²) in [4.78, 5) is 1.53. The average Bonchev–Trinajstić information content (AvgIpc) is 2.65. The molecule has 1 aliphatic heterocycles. The quantitative estimate of drug-likeness (QED) is 0.680. The number of nitrogens with one attached hydrogen (secondary N) is 1. The SMILES string of the molecule is c1cc2c(s1)CCC1NCCOC21. The van der Waals surface area contributed by atoms with Crippen molar-refractivity contribution in [1.82, 2.24) is 5.32 Å². The molecule has 0 radical (unpaired) electrons. The van der Waals surface area contributed by atoms with Gasteiger partial charge in [0.25, 0.3) is 0 Å². The van der Waals surface area contributed by atoms with Gasteiger partial charge in [0, 0.05) is 17.5 Å². The first-order valence-electron chi connectivity index (χ1n) is 4.86. The minimum Gasteiger partial charge on any atom is -0.371 e. The Hall–Kier alpha value is -0.380. The molecule has 1 aliphatic carbocycles. The van der Waals surface area contributed by atoms with E-state index in [0.29, 0.717) is 12.1 Å². The predicted molar refractivity (Wildman–Crippen MR) is 53.1 cm³/mol. The van der Waals surface area contributed by atoms with E-state index in [9.17, 15) is 0 Å². The number of hydrogen-bond donors (Lipinski definition) is 1. The van der Waals surface area contributed by atoms with Gasteiger partial charge in [0.15, 0.2) is 0 Å². The number of ether oxygens (including phenoxy) is 1. The van der Waals surface area contributed by atoms with Crippen LogP contribution >= 0.6 is 11.3 Å². The van der Waals surface area contributed by atoms with Crippen molar-refractivity contribution in [3.63, 3.8) is 0 Å². The van der Waals surface area contributed by atoms with Gasteiger partial charge >= 0.3 is 0 Å². The first-order chi connectivity index (χ1) is 6.45. The van der Waals surface area contributed by atoms with Crippen molar-refractivity contribution in [3.05, 3.63) is 21.9 Å². The van der Waals surface area contributed by atoms with E-state index < -0.39 is 0 Å². The van der Waals surface area contributed by atoms with E-state index in [0.717, 1.165) is 13.2 Å². The maximum Gasteiger partial charge on any atom is 0.0989 e. The fraction of sp³-hybridized carbons (Fsp3) is 0.600. The maximum absolute atomic E-state index is 5.81. The first kappa shape index (κ1) is 7.97. The van der Waals surface area contributed by atoms with Gasteiger partial charge in [0.05, 0.1) is 12.7 Å². The second-order valence-electron chi connectivity index (χ2n) is 3.69. The molecule has 1 aromatic heterocycles. The number of fused-ring (bicyclic) bond motifs is 3. The van der Waals surface area contributed by atoms with Crippen LogP contribution in [0.15, 0.2) is 11.4 Å². The van der Waals surface area contributed by atoms with Gasteiger partial charge in [-0.1, -0.05) is 0 Å². The highest BCUT2D eigenvalue weighted by Gasteiger charge is 2.32. The molecule has 0 aromatic carbocycles. The van der Waals surface area contributed by atoms with Gasteiger partial charge in [-0.2, -0.15) is 0 Å². The maximum atomic E-state index is 5.81. The molecule has 2 heterocycles. The molecule has 3 heteroatoms. The molecule has 0 amide bonds. The number of rotatable bonds is 0. The second-order valence-corrected chi connectivity index (χ2v) is 4.69. The molecule has 2 atom stereocenters. The van der Waals surface area contributed by atoms with Gasteiger partial charge in [0.2, 0.25) is 0 Å². The third-order valence-corrected chi connectivity index (χ3v) is 3.94. The molecule has 2 unspecified atom stereocenters. The molecule has 70 valence electrons. The van der Waals surface area contributed by atoms with E-state index in [1.165, 1.54) is 23.3 Å². The first-order valence-corrected chi connectivity index (χ1v) is 5.74. The lowest BCUT2D eigenvalue weighted by atomic mass is 9.90. The molecular formula is C10H13NOS. The van der Waals surface area contributed by atoms with Gasteiger partial charge in [-0.25, -0.2) is 0 Å². The van der Waals surface area contributed by atoms with Crippen molar-refractivity contribution >= 4 is 11.3 Å². The van der Waals surface area contributed by atoms with Crippen LogP contribution in [0.25, 0.3) is 0 Å². The Morgan fingerprint density at radius 1 is 1.54 bits per heavy atom. The normalized spacial score (nSPS) is 32.3. The molecule has 13 heavy (non-hydrogen) atoms. The summed E-state index contributed by atoms with van der Waals surface area (Å²) in [6, 6.07) is 2.79. The summed E-state index contributed by atoms with van der Waals surface area (Å²) < 4.78 is 5.81. The molecule has 1 saturated heterocycles. The van der Waals surface area contributed by atoms with E-state index in [1.807, 2.05) is 11.3 Å². The zero-order valence-electron chi connectivity index (χ0n) is 7.45. The Morgan fingerprint density at radius 2 is 2.54 bits per heavy atom. The zero-order valence-corrected chi connectivity index (χ0v) is 8.27. The predicted octanol–water partition coefficient (Wildman–Crippen LogP) is 1.72. The van der Waals surface area contributed by atoms with Gasteiger partial charge in [-0.3, -0.25) is 0 Å². The molecule has 1 N–H and O–H groups in total. The monoisotopic (exact) mass is 195 g/mol. The third-order valence-electron chi connectivity index (χ3n) is 2.94. The summed E-state index contributed by atoms with van der Waals surface area (Å²) in [7, 11) is 0. The zero-order chi connectivity index (χ0) is 8.67. The third kappa shape index (κ3) is 1.23. The molecular weight excluding hydrogens is 182 g/mol. The second kappa shape index (κ2) is 3.08. The van der Waals surface area contributed by atoms with Crippen LogP contribution in [0.2, 0.25) is 0 Å². The van der Waals surface area contributed by atoms with Gasteiger partial charge in [-0.05, 0) is 29.9 Å². The minimum atomic E-state index is 0.337. The van der Waals surface area contributed by atoms with E-state index in [2.05, 4.69) is 16.8 Å². The summed E-state index contributed by atoms with van der Waals surface area (Å²) in [5, 5.41) is 5.72. The smallest absolute Gasteiger partial charge is 0.0989 e. The Balaban J connectivity index is 1.97. The number of thiophene rings is 1. The highest BCUT2D eigenvalue weighted by molar-refractivity contribution is 7.10. The number of hydrogen-bond acceptors (Lipinski definition) is 3. The molecule has 2 nitrogen and oxygen atoms in total. The van der Waals surface area contributed by atoms with Crippen molar-refractivity contribution in [2.75, 3.05) is 13.2 Å².